The van der Waals surface area contributed by atoms with Crippen LogP contribution in [-0.4, -0.2) is 20.1 Å². The molecule has 18 heavy (non-hydrogen) atoms. The molecule has 0 spiro atoms. The number of amides is 1. The largest absolute Gasteiger partial charge is 0.497 e. The van der Waals surface area contributed by atoms with Crippen LogP contribution < -0.4 is 14.8 Å². The van der Waals surface area contributed by atoms with Gasteiger partial charge in [-0.1, -0.05) is 6.92 Å². The first-order chi connectivity index (χ1) is 8.65. The van der Waals surface area contributed by atoms with Gasteiger partial charge in [0.05, 0.1) is 19.9 Å². The van der Waals surface area contributed by atoms with Gasteiger partial charge in [-0.15, -0.1) is 0 Å². The number of methoxy groups -OCH3 is 2. The summed E-state index contributed by atoms with van der Waals surface area (Å²) in [5.41, 5.74) is 0.661. The highest BCUT2D eigenvalue weighted by Gasteiger charge is 2.32. The van der Waals surface area contributed by atoms with Crippen molar-refractivity contribution in [2.24, 2.45) is 11.8 Å². The summed E-state index contributed by atoms with van der Waals surface area (Å²) in [7, 11) is 3.18. The monoisotopic (exact) mass is 249 g/mol. The Morgan fingerprint density at radius 3 is 2.61 bits per heavy atom. The number of hydrogen-bond donors (Lipinski definition) is 1. The summed E-state index contributed by atoms with van der Waals surface area (Å²) < 4.78 is 10.4. The zero-order valence-corrected chi connectivity index (χ0v) is 11.0. The number of benzene rings is 1. The standard InChI is InChI=1S/C14H19NO3/c1-9(10-4-5-10)14(16)15-12-8-11(17-2)6-7-13(12)18-3/h6-10H,4-5H2,1-3H3,(H,15,16). The van der Waals surface area contributed by atoms with E-state index in [4.69, 9.17) is 9.47 Å². The molecular formula is C14H19NO3. The molecule has 0 radical (unpaired) electrons. The van der Waals surface area contributed by atoms with Crippen molar-refractivity contribution in [3.8, 4) is 11.5 Å². The number of rotatable bonds is 5. The maximum absolute atomic E-state index is 12.1. The summed E-state index contributed by atoms with van der Waals surface area (Å²) in [6, 6.07) is 5.37. The van der Waals surface area contributed by atoms with Crippen LogP contribution in [0.1, 0.15) is 19.8 Å². The molecule has 1 aromatic rings. The van der Waals surface area contributed by atoms with E-state index in [-0.39, 0.29) is 11.8 Å². The summed E-state index contributed by atoms with van der Waals surface area (Å²) in [5.74, 6) is 1.99. The molecule has 0 saturated heterocycles. The van der Waals surface area contributed by atoms with Crippen molar-refractivity contribution in [2.45, 2.75) is 19.8 Å². The van der Waals surface area contributed by atoms with Gasteiger partial charge in [-0.3, -0.25) is 4.79 Å². The minimum atomic E-state index is 0.0454. The average Bonchev–Trinajstić information content (AvgIpc) is 3.22. The molecule has 1 unspecified atom stereocenters. The van der Waals surface area contributed by atoms with E-state index >= 15 is 0 Å². The molecule has 1 saturated carbocycles. The Morgan fingerprint density at radius 2 is 2.06 bits per heavy atom. The van der Waals surface area contributed by atoms with E-state index < -0.39 is 0 Å². The van der Waals surface area contributed by atoms with Crippen LogP contribution in [0.5, 0.6) is 11.5 Å². The molecule has 98 valence electrons. The van der Waals surface area contributed by atoms with Gasteiger partial charge in [-0.2, -0.15) is 0 Å². The second kappa shape index (κ2) is 5.29. The van der Waals surface area contributed by atoms with Crippen molar-refractivity contribution in [3.05, 3.63) is 18.2 Å². The Bertz CT molecular complexity index is 441. The van der Waals surface area contributed by atoms with Crippen LogP contribution in [0.25, 0.3) is 0 Å². The molecule has 1 amide bonds. The SMILES string of the molecule is COc1ccc(OC)c(NC(=O)C(C)C2CC2)c1. The summed E-state index contributed by atoms with van der Waals surface area (Å²) in [5, 5.41) is 2.91. The van der Waals surface area contributed by atoms with Crippen LogP contribution in [0.4, 0.5) is 5.69 Å². The maximum atomic E-state index is 12.1. The Labute approximate surface area is 107 Å². The zero-order valence-electron chi connectivity index (χ0n) is 11.0. The lowest BCUT2D eigenvalue weighted by molar-refractivity contribution is -0.119. The first kappa shape index (κ1) is 12.7. The van der Waals surface area contributed by atoms with Crippen LogP contribution in [0.15, 0.2) is 18.2 Å². The molecule has 0 aliphatic heterocycles. The van der Waals surface area contributed by atoms with E-state index in [9.17, 15) is 4.79 Å². The van der Waals surface area contributed by atoms with E-state index in [1.54, 1.807) is 32.4 Å². The minimum Gasteiger partial charge on any atom is -0.497 e. The predicted molar refractivity (Wildman–Crippen MR) is 70.1 cm³/mol. The Morgan fingerprint density at radius 1 is 1.33 bits per heavy atom. The van der Waals surface area contributed by atoms with Gasteiger partial charge < -0.3 is 14.8 Å². The van der Waals surface area contributed by atoms with Crippen molar-refractivity contribution >= 4 is 11.6 Å². The van der Waals surface area contributed by atoms with Crippen LogP contribution in [0, 0.1) is 11.8 Å². The van der Waals surface area contributed by atoms with E-state index in [2.05, 4.69) is 5.32 Å². The molecule has 2 rings (SSSR count). The predicted octanol–water partition coefficient (Wildman–Crippen LogP) is 2.69. The zero-order chi connectivity index (χ0) is 13.1. The molecule has 1 aromatic carbocycles. The average molecular weight is 249 g/mol. The van der Waals surface area contributed by atoms with Crippen molar-refractivity contribution in [1.29, 1.82) is 0 Å². The maximum Gasteiger partial charge on any atom is 0.227 e. The smallest absolute Gasteiger partial charge is 0.227 e. The number of carbonyl (C=O) groups excluding carboxylic acids is 1. The van der Waals surface area contributed by atoms with Gasteiger partial charge in [0.2, 0.25) is 5.91 Å². The lowest BCUT2D eigenvalue weighted by atomic mass is 10.1. The molecule has 1 aliphatic rings. The van der Waals surface area contributed by atoms with Crippen molar-refractivity contribution < 1.29 is 14.3 Å². The highest BCUT2D eigenvalue weighted by molar-refractivity contribution is 5.94. The summed E-state index contributed by atoms with van der Waals surface area (Å²) in [6.45, 7) is 1.97. The lowest BCUT2D eigenvalue weighted by Crippen LogP contribution is -2.22. The molecule has 1 fully saturated rings. The van der Waals surface area contributed by atoms with Crippen molar-refractivity contribution in [1.82, 2.24) is 0 Å². The number of carbonyl (C=O) groups is 1. The van der Waals surface area contributed by atoms with Gasteiger partial charge in [0.15, 0.2) is 0 Å². The van der Waals surface area contributed by atoms with Crippen LogP contribution >= 0.6 is 0 Å². The van der Waals surface area contributed by atoms with E-state index in [0.29, 0.717) is 23.1 Å². The molecular weight excluding hydrogens is 230 g/mol. The first-order valence-electron chi connectivity index (χ1n) is 6.18. The number of hydrogen-bond acceptors (Lipinski definition) is 3. The fraction of sp³-hybridized carbons (Fsp3) is 0.500. The summed E-state index contributed by atoms with van der Waals surface area (Å²) >= 11 is 0. The Hall–Kier alpha value is -1.71. The van der Waals surface area contributed by atoms with Gasteiger partial charge in [0.1, 0.15) is 11.5 Å². The molecule has 4 nitrogen and oxygen atoms in total. The molecule has 1 aliphatic carbocycles. The second-order valence-electron chi connectivity index (χ2n) is 4.68. The third-order valence-corrected chi connectivity index (χ3v) is 3.41. The van der Waals surface area contributed by atoms with Crippen LogP contribution in [0.3, 0.4) is 0 Å². The lowest BCUT2D eigenvalue weighted by Gasteiger charge is -2.14. The van der Waals surface area contributed by atoms with Crippen LogP contribution in [0.2, 0.25) is 0 Å². The molecule has 0 aromatic heterocycles. The number of nitrogens with one attached hydrogen (secondary N) is 1. The molecule has 1 atom stereocenters. The van der Waals surface area contributed by atoms with Gasteiger partial charge in [0, 0.05) is 12.0 Å². The summed E-state index contributed by atoms with van der Waals surface area (Å²) in [6.07, 6.45) is 2.31. The number of ether oxygens (including phenoxy) is 2. The minimum absolute atomic E-state index is 0.0454. The van der Waals surface area contributed by atoms with Gasteiger partial charge in [-0.25, -0.2) is 0 Å². The highest BCUT2D eigenvalue weighted by atomic mass is 16.5. The third-order valence-electron chi connectivity index (χ3n) is 3.41. The van der Waals surface area contributed by atoms with E-state index in [1.165, 1.54) is 0 Å². The quantitative estimate of drug-likeness (QED) is 0.872. The molecule has 4 heteroatoms. The van der Waals surface area contributed by atoms with E-state index in [1.807, 2.05) is 6.92 Å². The van der Waals surface area contributed by atoms with Crippen LogP contribution in [-0.2, 0) is 4.79 Å². The second-order valence-corrected chi connectivity index (χ2v) is 4.68. The molecule has 1 N–H and O–H groups in total. The fourth-order valence-electron chi connectivity index (χ4n) is 1.97. The number of anilines is 1. The molecule has 0 bridgehead atoms. The van der Waals surface area contributed by atoms with Crippen molar-refractivity contribution in [3.63, 3.8) is 0 Å². The summed E-state index contributed by atoms with van der Waals surface area (Å²) in [4.78, 5) is 12.1. The van der Waals surface area contributed by atoms with E-state index in [0.717, 1.165) is 12.8 Å². The van der Waals surface area contributed by atoms with Crippen molar-refractivity contribution in [2.75, 3.05) is 19.5 Å². The first-order valence-corrected chi connectivity index (χ1v) is 6.18. The van der Waals surface area contributed by atoms with Gasteiger partial charge in [0.25, 0.3) is 0 Å². The topological polar surface area (TPSA) is 47.6 Å². The highest BCUT2D eigenvalue weighted by Crippen LogP contribution is 2.37. The fourth-order valence-corrected chi connectivity index (χ4v) is 1.97. The van der Waals surface area contributed by atoms with Gasteiger partial charge >= 0.3 is 0 Å². The molecule has 0 heterocycles. The Balaban J connectivity index is 2.13. The Kier molecular flexibility index (Phi) is 3.75. The normalized spacial score (nSPS) is 15.9. The van der Waals surface area contributed by atoms with Gasteiger partial charge in [-0.05, 0) is 30.9 Å². The third kappa shape index (κ3) is 2.75.